The highest BCUT2D eigenvalue weighted by Crippen LogP contribution is 2.24. The number of phenolic OH excluding ortho intramolecular Hbond substituents is 2. The third-order valence-electron chi connectivity index (χ3n) is 9.62. The SMILES string of the molecule is CC(C)[C@H](NC(=O)OCc1ccccc1)C(=O)N(C(=O)[C@@H](NC(=O)OCc1ccccc1)C(C)C)[C@@H](Cc1ccc(O)cc1)[C@@H](O)[C@H](O)[C@@H](N)Cc1ccc(O)cc1. The zero-order valence-electron chi connectivity index (χ0n) is 33.1. The van der Waals surface area contributed by atoms with Gasteiger partial charge in [-0.3, -0.25) is 14.5 Å². The van der Waals surface area contributed by atoms with Gasteiger partial charge in [-0.1, -0.05) is 113 Å². The van der Waals surface area contributed by atoms with Crippen LogP contribution in [0.4, 0.5) is 9.59 Å². The van der Waals surface area contributed by atoms with E-state index in [-0.39, 0.29) is 37.6 Å². The number of ether oxygens (including phenoxy) is 2. The number of nitrogens with one attached hydrogen (secondary N) is 2. The Morgan fingerprint density at radius 3 is 1.33 bits per heavy atom. The fourth-order valence-corrected chi connectivity index (χ4v) is 6.29. The van der Waals surface area contributed by atoms with Crippen LogP contribution in [-0.2, 0) is 45.1 Å². The fraction of sp³-hybridized carbons (Fsp3) is 0.364. The molecule has 58 heavy (non-hydrogen) atoms. The summed E-state index contributed by atoms with van der Waals surface area (Å²) in [6.45, 7) is 6.38. The summed E-state index contributed by atoms with van der Waals surface area (Å²) in [6, 6.07) is 24.3. The Morgan fingerprint density at radius 2 is 0.948 bits per heavy atom. The average molecular weight is 799 g/mol. The molecule has 310 valence electrons. The van der Waals surface area contributed by atoms with E-state index >= 15 is 0 Å². The lowest BCUT2D eigenvalue weighted by atomic mass is 9.89. The van der Waals surface area contributed by atoms with Gasteiger partial charge in [-0.05, 0) is 71.2 Å². The summed E-state index contributed by atoms with van der Waals surface area (Å²) >= 11 is 0. The number of carbonyl (C=O) groups excluding carboxylic acids is 4. The van der Waals surface area contributed by atoms with Crippen molar-refractivity contribution in [2.75, 3.05) is 0 Å². The first-order valence-electron chi connectivity index (χ1n) is 19.1. The van der Waals surface area contributed by atoms with Crippen molar-refractivity contribution in [3.8, 4) is 11.5 Å². The lowest BCUT2D eigenvalue weighted by molar-refractivity contribution is -0.157. The molecule has 14 nitrogen and oxygen atoms in total. The smallest absolute Gasteiger partial charge is 0.408 e. The number of imide groups is 1. The number of hydrogen-bond acceptors (Lipinski definition) is 11. The zero-order chi connectivity index (χ0) is 42.4. The first kappa shape index (κ1) is 44.8. The molecule has 0 aliphatic carbocycles. The maximum Gasteiger partial charge on any atom is 0.408 e. The van der Waals surface area contributed by atoms with Gasteiger partial charge in [0.25, 0.3) is 11.8 Å². The van der Waals surface area contributed by atoms with E-state index in [9.17, 15) is 39.6 Å². The van der Waals surface area contributed by atoms with Crippen molar-refractivity contribution in [2.45, 2.75) is 90.1 Å². The second-order valence-electron chi connectivity index (χ2n) is 14.9. The second-order valence-corrected chi connectivity index (χ2v) is 14.9. The zero-order valence-corrected chi connectivity index (χ0v) is 33.1. The van der Waals surface area contributed by atoms with E-state index in [1.165, 1.54) is 36.4 Å². The van der Waals surface area contributed by atoms with Crippen molar-refractivity contribution in [1.82, 2.24) is 15.5 Å². The van der Waals surface area contributed by atoms with Crippen molar-refractivity contribution in [3.05, 3.63) is 131 Å². The van der Waals surface area contributed by atoms with Crippen LogP contribution in [-0.4, -0.2) is 85.7 Å². The van der Waals surface area contributed by atoms with Gasteiger partial charge in [0.15, 0.2) is 0 Å². The molecule has 0 bridgehead atoms. The Kier molecular flexibility index (Phi) is 16.6. The molecule has 14 heteroatoms. The Hall–Kier alpha value is -5.96. The van der Waals surface area contributed by atoms with Crippen LogP contribution >= 0.6 is 0 Å². The average Bonchev–Trinajstić information content (AvgIpc) is 3.21. The Balaban J connectivity index is 1.74. The van der Waals surface area contributed by atoms with Crippen LogP contribution < -0.4 is 16.4 Å². The highest BCUT2D eigenvalue weighted by molar-refractivity contribution is 6.02. The van der Waals surface area contributed by atoms with E-state index in [4.69, 9.17) is 15.2 Å². The molecule has 0 unspecified atom stereocenters. The number of aliphatic hydroxyl groups is 2. The lowest BCUT2D eigenvalue weighted by Crippen LogP contribution is -2.65. The van der Waals surface area contributed by atoms with Crippen molar-refractivity contribution in [1.29, 1.82) is 0 Å². The highest BCUT2D eigenvalue weighted by atomic mass is 16.6. The summed E-state index contributed by atoms with van der Waals surface area (Å²) in [5.41, 5.74) is 8.94. The van der Waals surface area contributed by atoms with Crippen LogP contribution in [0.25, 0.3) is 0 Å². The van der Waals surface area contributed by atoms with E-state index in [0.29, 0.717) is 22.3 Å². The molecule has 4 aromatic carbocycles. The topological polar surface area (TPSA) is 221 Å². The highest BCUT2D eigenvalue weighted by Gasteiger charge is 2.45. The molecule has 4 amide bonds. The molecule has 0 aromatic heterocycles. The number of amides is 4. The molecular weight excluding hydrogens is 745 g/mol. The largest absolute Gasteiger partial charge is 0.508 e. The normalized spacial score (nSPS) is 14.4. The van der Waals surface area contributed by atoms with Crippen LogP contribution in [0, 0.1) is 11.8 Å². The van der Waals surface area contributed by atoms with E-state index in [2.05, 4.69) is 10.6 Å². The molecule has 4 rings (SSSR count). The molecule has 0 saturated carbocycles. The first-order valence-corrected chi connectivity index (χ1v) is 19.1. The maximum absolute atomic E-state index is 15.0. The number of hydrogen-bond donors (Lipinski definition) is 7. The summed E-state index contributed by atoms with van der Waals surface area (Å²) < 4.78 is 10.8. The summed E-state index contributed by atoms with van der Waals surface area (Å²) in [6.07, 6.45) is -5.71. The van der Waals surface area contributed by atoms with Crippen molar-refractivity contribution in [3.63, 3.8) is 0 Å². The molecule has 0 heterocycles. The van der Waals surface area contributed by atoms with Crippen LogP contribution in [0.3, 0.4) is 0 Å². The molecule has 0 spiro atoms. The van der Waals surface area contributed by atoms with Crippen LogP contribution in [0.5, 0.6) is 11.5 Å². The van der Waals surface area contributed by atoms with Gasteiger partial charge in [-0.2, -0.15) is 0 Å². The number of aromatic hydroxyl groups is 2. The molecule has 6 atom stereocenters. The van der Waals surface area contributed by atoms with E-state index < -0.39 is 72.2 Å². The van der Waals surface area contributed by atoms with E-state index in [1.807, 2.05) is 12.1 Å². The van der Waals surface area contributed by atoms with Gasteiger partial charge in [0.05, 0.1) is 12.1 Å². The molecular formula is C44H54N4O10. The molecule has 0 aliphatic rings. The van der Waals surface area contributed by atoms with Crippen molar-refractivity contribution < 1.29 is 49.1 Å². The van der Waals surface area contributed by atoms with Gasteiger partial charge in [0, 0.05) is 6.04 Å². The van der Waals surface area contributed by atoms with Gasteiger partial charge < -0.3 is 46.3 Å². The molecule has 0 fully saturated rings. The quantitative estimate of drug-likeness (QED) is 0.0740. The number of nitrogens with zero attached hydrogens (tertiary/aromatic N) is 1. The van der Waals surface area contributed by atoms with Gasteiger partial charge in [0.2, 0.25) is 0 Å². The Labute approximate surface area is 338 Å². The molecule has 8 N–H and O–H groups in total. The number of nitrogens with two attached hydrogens (primary N) is 1. The lowest BCUT2D eigenvalue weighted by Gasteiger charge is -2.40. The standard InChI is InChI=1S/C44H54N4O10/c1-27(2)37(46-43(55)57-25-31-11-7-5-8-12-31)41(53)48(42(54)38(28(3)4)47-44(56)58-26-32-13-9-6-10-14-32)36(24-30-17-21-34(50)22-18-30)40(52)39(51)35(45)23-29-15-19-33(49)20-16-29/h5-22,27-28,35-40,49-52H,23-26,45H2,1-4H3,(H,46,55)(H,47,56)/t35-,36-,37-,38-,39+,40+/m0/s1. The third kappa shape index (κ3) is 13.0. The predicted molar refractivity (Wildman–Crippen MR) is 216 cm³/mol. The van der Waals surface area contributed by atoms with Gasteiger partial charge >= 0.3 is 12.2 Å². The van der Waals surface area contributed by atoms with Gasteiger partial charge in [-0.25, -0.2) is 9.59 Å². The van der Waals surface area contributed by atoms with Crippen LogP contribution in [0.2, 0.25) is 0 Å². The minimum absolute atomic E-state index is 0.0223. The third-order valence-corrected chi connectivity index (χ3v) is 9.62. The fourth-order valence-electron chi connectivity index (χ4n) is 6.29. The van der Waals surface area contributed by atoms with E-state index in [1.54, 1.807) is 88.4 Å². The Bertz CT molecular complexity index is 1830. The monoisotopic (exact) mass is 798 g/mol. The van der Waals surface area contributed by atoms with Crippen LogP contribution in [0.1, 0.15) is 49.9 Å². The number of rotatable bonds is 18. The summed E-state index contributed by atoms with van der Waals surface area (Å²) in [5, 5.41) is 48.7. The van der Waals surface area contributed by atoms with E-state index in [0.717, 1.165) is 4.90 Å². The minimum Gasteiger partial charge on any atom is -0.508 e. The second kappa shape index (κ2) is 21.5. The summed E-state index contributed by atoms with van der Waals surface area (Å²) in [7, 11) is 0. The maximum atomic E-state index is 15.0. The van der Waals surface area contributed by atoms with Crippen molar-refractivity contribution >= 4 is 24.0 Å². The Morgan fingerprint density at radius 1 is 0.569 bits per heavy atom. The van der Waals surface area contributed by atoms with Crippen molar-refractivity contribution in [2.24, 2.45) is 17.6 Å². The number of phenols is 2. The number of aliphatic hydroxyl groups excluding tert-OH is 2. The number of carbonyl (C=O) groups is 4. The summed E-state index contributed by atoms with van der Waals surface area (Å²) in [5.74, 6) is -3.22. The molecule has 4 aromatic rings. The minimum atomic E-state index is -1.88. The van der Waals surface area contributed by atoms with Gasteiger partial charge in [0.1, 0.15) is 42.9 Å². The summed E-state index contributed by atoms with van der Waals surface area (Å²) in [4.78, 5) is 57.1. The molecule has 0 radical (unpaired) electrons. The van der Waals surface area contributed by atoms with Crippen LogP contribution in [0.15, 0.2) is 109 Å². The predicted octanol–water partition coefficient (Wildman–Crippen LogP) is 4.56. The number of alkyl carbamates (subject to hydrolysis) is 2. The first-order chi connectivity index (χ1) is 27.6. The molecule has 0 aliphatic heterocycles. The van der Waals surface area contributed by atoms with Gasteiger partial charge in [-0.15, -0.1) is 0 Å². The molecule has 0 saturated heterocycles. The number of benzene rings is 4.